The van der Waals surface area contributed by atoms with E-state index in [4.69, 9.17) is 4.74 Å². The maximum Gasteiger partial charge on any atom is 0.252 e. The Labute approximate surface area is 95.6 Å². The molecule has 0 saturated carbocycles. The van der Waals surface area contributed by atoms with Crippen LogP contribution in [0.4, 0.5) is 0 Å². The Kier molecular flexibility index (Phi) is 2.64. The van der Waals surface area contributed by atoms with Gasteiger partial charge in [0.2, 0.25) is 0 Å². The van der Waals surface area contributed by atoms with Gasteiger partial charge in [0.05, 0.1) is 6.10 Å². The molecule has 0 aliphatic carbocycles. The van der Waals surface area contributed by atoms with Crippen molar-refractivity contribution in [3.63, 3.8) is 0 Å². The molecular formula is C12H19NO3. The largest absolute Gasteiger partial charge is 0.393 e. The highest BCUT2D eigenvalue weighted by atomic mass is 16.5. The second-order valence-corrected chi connectivity index (χ2v) is 5.26. The summed E-state index contributed by atoms with van der Waals surface area (Å²) in [5.41, 5.74) is 0. The molecule has 0 aromatic rings. The normalized spacial score (nSPS) is 42.7. The van der Waals surface area contributed by atoms with Crippen LogP contribution < -0.4 is 0 Å². The van der Waals surface area contributed by atoms with E-state index in [9.17, 15) is 9.90 Å². The van der Waals surface area contributed by atoms with Gasteiger partial charge in [-0.2, -0.15) is 0 Å². The third-order valence-electron chi connectivity index (χ3n) is 4.17. The van der Waals surface area contributed by atoms with E-state index in [2.05, 4.69) is 0 Å². The molecule has 16 heavy (non-hydrogen) atoms. The zero-order chi connectivity index (χ0) is 11.1. The Morgan fingerprint density at radius 1 is 1.19 bits per heavy atom. The van der Waals surface area contributed by atoms with Crippen molar-refractivity contribution in [3.8, 4) is 0 Å². The molecule has 1 N–H and O–H groups in total. The number of aliphatic hydroxyl groups excluding tert-OH is 1. The Morgan fingerprint density at radius 2 is 1.88 bits per heavy atom. The molecule has 3 atom stereocenters. The molecule has 4 heteroatoms. The molecule has 3 aliphatic rings. The predicted molar refractivity (Wildman–Crippen MR) is 57.9 cm³/mol. The van der Waals surface area contributed by atoms with Gasteiger partial charge in [-0.25, -0.2) is 0 Å². The lowest BCUT2D eigenvalue weighted by Crippen LogP contribution is -2.51. The Hall–Kier alpha value is -0.610. The number of carbonyl (C=O) groups is 1. The summed E-state index contributed by atoms with van der Waals surface area (Å²) in [6, 6.07) is 0.538. The van der Waals surface area contributed by atoms with Gasteiger partial charge in [0.25, 0.3) is 5.91 Å². The molecule has 90 valence electrons. The maximum absolute atomic E-state index is 12.3. The van der Waals surface area contributed by atoms with Crippen molar-refractivity contribution in [2.24, 2.45) is 0 Å². The molecule has 1 amide bonds. The van der Waals surface area contributed by atoms with Crippen molar-refractivity contribution >= 4 is 5.91 Å². The quantitative estimate of drug-likeness (QED) is 0.714. The summed E-state index contributed by atoms with van der Waals surface area (Å²) in [5, 5.41) is 9.69. The number of nitrogens with zero attached hydrogens (tertiary/aromatic N) is 1. The van der Waals surface area contributed by atoms with E-state index in [1.165, 1.54) is 0 Å². The standard InChI is InChI=1S/C12H19NO3/c14-10-6-8-3-4-9(7-10)13(8)12(15)11-2-1-5-16-11/h8-11,14H,1-7H2/t8?,9?,10?,11-/m0/s1. The van der Waals surface area contributed by atoms with Gasteiger partial charge in [-0.1, -0.05) is 0 Å². The number of carbonyl (C=O) groups excluding carboxylic acids is 1. The number of ether oxygens (including phenoxy) is 1. The zero-order valence-electron chi connectivity index (χ0n) is 9.47. The van der Waals surface area contributed by atoms with Crippen LogP contribution in [0.1, 0.15) is 38.5 Å². The minimum Gasteiger partial charge on any atom is -0.393 e. The molecule has 3 rings (SSSR count). The molecule has 4 nitrogen and oxygen atoms in total. The highest BCUT2D eigenvalue weighted by molar-refractivity contribution is 5.82. The molecule has 0 aromatic heterocycles. The van der Waals surface area contributed by atoms with Crippen LogP contribution in [0, 0.1) is 0 Å². The third-order valence-corrected chi connectivity index (χ3v) is 4.17. The second kappa shape index (κ2) is 4.00. The van der Waals surface area contributed by atoms with Crippen LogP contribution in [0.25, 0.3) is 0 Å². The molecular weight excluding hydrogens is 206 g/mol. The number of fused-ring (bicyclic) bond motifs is 2. The summed E-state index contributed by atoms with van der Waals surface area (Å²) in [4.78, 5) is 14.3. The fourth-order valence-electron chi connectivity index (χ4n) is 3.45. The molecule has 3 heterocycles. The average Bonchev–Trinajstić information content (AvgIpc) is 2.85. The van der Waals surface area contributed by atoms with Gasteiger partial charge in [0.15, 0.2) is 0 Å². The monoisotopic (exact) mass is 225 g/mol. The summed E-state index contributed by atoms with van der Waals surface area (Å²) in [7, 11) is 0. The highest BCUT2D eigenvalue weighted by Crippen LogP contribution is 2.37. The first-order chi connectivity index (χ1) is 7.75. The van der Waals surface area contributed by atoms with Crippen LogP contribution in [-0.2, 0) is 9.53 Å². The predicted octanol–water partition coefficient (Wildman–Crippen LogP) is 0.680. The van der Waals surface area contributed by atoms with Gasteiger partial charge in [-0.05, 0) is 38.5 Å². The highest BCUT2D eigenvalue weighted by Gasteiger charge is 2.45. The number of rotatable bonds is 1. The SMILES string of the molecule is O=C([C@@H]1CCCO1)N1C2CCC1CC(O)C2. The topological polar surface area (TPSA) is 49.8 Å². The van der Waals surface area contributed by atoms with E-state index >= 15 is 0 Å². The zero-order valence-corrected chi connectivity index (χ0v) is 9.47. The lowest BCUT2D eigenvalue weighted by molar-refractivity contribution is -0.147. The fraction of sp³-hybridized carbons (Fsp3) is 0.917. The lowest BCUT2D eigenvalue weighted by atomic mass is 9.99. The Balaban J connectivity index is 1.72. The van der Waals surface area contributed by atoms with Gasteiger partial charge in [-0.15, -0.1) is 0 Å². The first-order valence-corrected chi connectivity index (χ1v) is 6.37. The summed E-state index contributed by atoms with van der Waals surface area (Å²) in [5.74, 6) is 0.178. The first kappa shape index (κ1) is 10.5. The minimum atomic E-state index is -0.203. The van der Waals surface area contributed by atoms with Gasteiger partial charge in [0, 0.05) is 18.7 Å². The fourth-order valence-corrected chi connectivity index (χ4v) is 3.45. The van der Waals surface area contributed by atoms with E-state index in [-0.39, 0.29) is 30.2 Å². The van der Waals surface area contributed by atoms with Gasteiger partial charge in [0.1, 0.15) is 6.10 Å². The van der Waals surface area contributed by atoms with Crippen LogP contribution in [-0.4, -0.2) is 46.8 Å². The molecule has 0 radical (unpaired) electrons. The van der Waals surface area contributed by atoms with Crippen LogP contribution in [0.5, 0.6) is 0 Å². The summed E-state index contributed by atoms with van der Waals surface area (Å²) < 4.78 is 5.47. The van der Waals surface area contributed by atoms with E-state index in [1.54, 1.807) is 0 Å². The number of amides is 1. The maximum atomic E-state index is 12.3. The second-order valence-electron chi connectivity index (χ2n) is 5.26. The van der Waals surface area contributed by atoms with Gasteiger partial charge in [-0.3, -0.25) is 4.79 Å². The van der Waals surface area contributed by atoms with Crippen LogP contribution in [0.3, 0.4) is 0 Å². The van der Waals surface area contributed by atoms with Gasteiger partial charge >= 0.3 is 0 Å². The minimum absolute atomic E-state index is 0.178. The number of piperidine rings is 1. The molecule has 0 aromatic carbocycles. The van der Waals surface area contributed by atoms with E-state index in [1.807, 2.05) is 4.90 Å². The van der Waals surface area contributed by atoms with Crippen LogP contribution in [0.15, 0.2) is 0 Å². The van der Waals surface area contributed by atoms with Crippen LogP contribution in [0.2, 0.25) is 0 Å². The summed E-state index contributed by atoms with van der Waals surface area (Å²) >= 11 is 0. The number of aliphatic hydroxyl groups is 1. The molecule has 2 bridgehead atoms. The molecule has 3 fully saturated rings. The average molecular weight is 225 g/mol. The molecule has 3 saturated heterocycles. The van der Waals surface area contributed by atoms with Crippen molar-refractivity contribution in [2.75, 3.05) is 6.61 Å². The smallest absolute Gasteiger partial charge is 0.252 e. The van der Waals surface area contributed by atoms with Crippen molar-refractivity contribution < 1.29 is 14.6 Å². The van der Waals surface area contributed by atoms with Crippen molar-refractivity contribution in [3.05, 3.63) is 0 Å². The third kappa shape index (κ3) is 1.64. The Bertz CT molecular complexity index is 274. The summed E-state index contributed by atoms with van der Waals surface area (Å²) in [6.07, 6.45) is 5.11. The number of hydrogen-bond donors (Lipinski definition) is 1. The number of hydrogen-bond acceptors (Lipinski definition) is 3. The lowest BCUT2D eigenvalue weighted by Gasteiger charge is -2.38. The van der Waals surface area contributed by atoms with Crippen molar-refractivity contribution in [1.82, 2.24) is 4.90 Å². The molecule has 0 spiro atoms. The Morgan fingerprint density at radius 3 is 2.44 bits per heavy atom. The van der Waals surface area contributed by atoms with Crippen LogP contribution >= 0.6 is 0 Å². The van der Waals surface area contributed by atoms with Crippen molar-refractivity contribution in [2.45, 2.75) is 62.8 Å². The summed E-state index contributed by atoms with van der Waals surface area (Å²) in [6.45, 7) is 0.724. The van der Waals surface area contributed by atoms with Crippen molar-refractivity contribution in [1.29, 1.82) is 0 Å². The van der Waals surface area contributed by atoms with E-state index in [0.717, 1.165) is 45.1 Å². The van der Waals surface area contributed by atoms with E-state index in [0.29, 0.717) is 0 Å². The molecule has 2 unspecified atom stereocenters. The van der Waals surface area contributed by atoms with E-state index < -0.39 is 0 Å². The first-order valence-electron chi connectivity index (χ1n) is 6.37. The van der Waals surface area contributed by atoms with Gasteiger partial charge < -0.3 is 14.7 Å². The molecule has 3 aliphatic heterocycles.